The molecule has 53 heavy (non-hydrogen) atoms. The van der Waals surface area contributed by atoms with Crippen LogP contribution in [0, 0.1) is 13.8 Å². The van der Waals surface area contributed by atoms with E-state index in [0.29, 0.717) is 0 Å². The van der Waals surface area contributed by atoms with Crippen LogP contribution in [0.15, 0.2) is 208 Å². The molecule has 0 radical (unpaired) electrons. The van der Waals surface area contributed by atoms with Crippen LogP contribution in [-0.2, 0) is 0 Å². The third kappa shape index (κ3) is 9.78. The predicted octanol–water partition coefficient (Wildman–Crippen LogP) is 15.1. The third-order valence-corrected chi connectivity index (χ3v) is 8.78. The molecule has 0 atom stereocenters. The quantitative estimate of drug-likeness (QED) is 0.118. The molecule has 2 heteroatoms. The Hall–Kier alpha value is -6.64. The van der Waals surface area contributed by atoms with Gasteiger partial charge in [-0.2, -0.15) is 0 Å². The zero-order valence-corrected chi connectivity index (χ0v) is 31.1. The molecule has 0 aliphatic heterocycles. The van der Waals surface area contributed by atoms with Crippen molar-refractivity contribution < 1.29 is 0 Å². The summed E-state index contributed by atoms with van der Waals surface area (Å²) in [5.41, 5.74) is 14.8. The highest BCUT2D eigenvalue weighted by Crippen LogP contribution is 2.38. The Balaban J connectivity index is 0.000000534. The Morgan fingerprint density at radius 2 is 0.849 bits per heavy atom. The first kappa shape index (κ1) is 37.6. The molecule has 6 aromatic rings. The fraction of sp³-hybridized carbons (Fsp3) is 0.0588. The Morgan fingerprint density at radius 3 is 1.15 bits per heavy atom. The van der Waals surface area contributed by atoms with E-state index in [1.807, 2.05) is 37.3 Å². The lowest BCUT2D eigenvalue weighted by atomic mass is 10.0. The maximum atomic E-state index is 3.91. The molecule has 0 saturated heterocycles. The van der Waals surface area contributed by atoms with Gasteiger partial charge in [0.15, 0.2) is 0 Å². The molecule has 0 aliphatic carbocycles. The van der Waals surface area contributed by atoms with Crippen molar-refractivity contribution in [2.45, 2.75) is 20.8 Å². The van der Waals surface area contributed by atoms with E-state index in [1.165, 1.54) is 22.3 Å². The molecular formula is C51H48N2. The van der Waals surface area contributed by atoms with Gasteiger partial charge in [-0.3, -0.25) is 0 Å². The molecule has 0 bridgehead atoms. The summed E-state index contributed by atoms with van der Waals surface area (Å²) >= 11 is 0. The van der Waals surface area contributed by atoms with Gasteiger partial charge in [0.1, 0.15) is 0 Å². The summed E-state index contributed by atoms with van der Waals surface area (Å²) in [6.07, 6.45) is 13.1. The molecule has 6 rings (SSSR count). The van der Waals surface area contributed by atoms with Crippen molar-refractivity contribution in [1.29, 1.82) is 0 Å². The lowest BCUT2D eigenvalue weighted by Crippen LogP contribution is -2.10. The monoisotopic (exact) mass is 688 g/mol. The standard InChI is InChI=1S/C42H36N2.C9H12/c1-5-33-13-21-37(22-14-33)43(41-11-7-9-31(3)29-41)39-25-17-35(18-26-39)36-19-27-40(28-20-36)44(42-12-8-10-32(4)30-42)38-23-15-34(6-2)16-24-38;1-4-7-9(6-3)8-5-2/h5-30H,1-2H2,3-4H3;4-8H,1,3H2,2H3/b;8-5-,9-7-. The van der Waals surface area contributed by atoms with Gasteiger partial charge in [0.25, 0.3) is 0 Å². The van der Waals surface area contributed by atoms with Gasteiger partial charge in [0.2, 0.25) is 0 Å². The molecule has 262 valence electrons. The maximum Gasteiger partial charge on any atom is 0.0464 e. The highest BCUT2D eigenvalue weighted by molar-refractivity contribution is 5.81. The summed E-state index contributed by atoms with van der Waals surface area (Å²) in [6, 6.07) is 51.9. The van der Waals surface area contributed by atoms with Crippen LogP contribution < -0.4 is 9.80 Å². The lowest BCUT2D eigenvalue weighted by molar-refractivity contribution is 1.27. The van der Waals surface area contributed by atoms with E-state index in [0.717, 1.165) is 50.8 Å². The number of hydrogen-bond donors (Lipinski definition) is 0. The van der Waals surface area contributed by atoms with Crippen molar-refractivity contribution in [3.05, 3.63) is 230 Å². The Morgan fingerprint density at radius 1 is 0.472 bits per heavy atom. The van der Waals surface area contributed by atoms with Crippen molar-refractivity contribution in [3.8, 4) is 11.1 Å². The normalized spacial score (nSPS) is 10.9. The van der Waals surface area contributed by atoms with Gasteiger partial charge in [-0.15, -0.1) is 0 Å². The molecule has 0 saturated carbocycles. The van der Waals surface area contributed by atoms with Crippen LogP contribution in [0.3, 0.4) is 0 Å². The molecule has 0 heterocycles. The lowest BCUT2D eigenvalue weighted by Gasteiger charge is -2.26. The highest BCUT2D eigenvalue weighted by Gasteiger charge is 2.15. The average molecular weight is 689 g/mol. The Kier molecular flexibility index (Phi) is 13.2. The van der Waals surface area contributed by atoms with Crippen LogP contribution in [0.5, 0.6) is 0 Å². The fourth-order valence-electron chi connectivity index (χ4n) is 6.07. The van der Waals surface area contributed by atoms with Crippen LogP contribution in [0.2, 0.25) is 0 Å². The van der Waals surface area contributed by atoms with Gasteiger partial charge < -0.3 is 9.80 Å². The van der Waals surface area contributed by atoms with E-state index in [4.69, 9.17) is 0 Å². The molecule has 0 aromatic heterocycles. The number of anilines is 6. The zero-order chi connectivity index (χ0) is 37.6. The van der Waals surface area contributed by atoms with Gasteiger partial charge in [0, 0.05) is 34.1 Å². The summed E-state index contributed by atoms with van der Waals surface area (Å²) in [7, 11) is 0. The number of benzene rings is 6. The molecule has 0 amide bonds. The average Bonchev–Trinajstić information content (AvgIpc) is 3.19. The SMILES string of the molecule is C=C/C=C(C=C)\C=C/C.C=Cc1ccc(N(c2ccc(-c3ccc(N(c4ccc(C=C)cc4)c4cccc(C)c4)cc3)cc2)c2cccc(C)c2)cc1. The van der Waals surface area contributed by atoms with Crippen molar-refractivity contribution in [3.63, 3.8) is 0 Å². The predicted molar refractivity (Wildman–Crippen MR) is 234 cm³/mol. The molecule has 2 nitrogen and oxygen atoms in total. The van der Waals surface area contributed by atoms with Crippen molar-refractivity contribution in [1.82, 2.24) is 0 Å². The molecule has 6 aromatic carbocycles. The molecule has 0 aliphatic rings. The van der Waals surface area contributed by atoms with Gasteiger partial charge >= 0.3 is 0 Å². The molecule has 0 unspecified atom stereocenters. The Labute approximate surface area is 317 Å². The second kappa shape index (κ2) is 18.6. The number of aryl methyl sites for hydroxylation is 2. The van der Waals surface area contributed by atoms with E-state index in [1.54, 1.807) is 12.2 Å². The number of nitrogens with zero attached hydrogens (tertiary/aromatic N) is 2. The first-order valence-corrected chi connectivity index (χ1v) is 17.8. The minimum atomic E-state index is 1.09. The highest BCUT2D eigenvalue weighted by atomic mass is 15.1. The fourth-order valence-corrected chi connectivity index (χ4v) is 6.07. The van der Waals surface area contributed by atoms with Crippen LogP contribution in [0.4, 0.5) is 34.1 Å². The summed E-state index contributed by atoms with van der Waals surface area (Å²) in [4.78, 5) is 4.59. The molecular weight excluding hydrogens is 641 g/mol. The third-order valence-electron chi connectivity index (χ3n) is 8.78. The van der Waals surface area contributed by atoms with E-state index in [-0.39, 0.29) is 0 Å². The van der Waals surface area contributed by atoms with E-state index in [9.17, 15) is 0 Å². The largest absolute Gasteiger partial charge is 0.310 e. The molecule has 0 N–H and O–H groups in total. The van der Waals surface area contributed by atoms with Crippen LogP contribution in [0.1, 0.15) is 29.2 Å². The number of hydrogen-bond acceptors (Lipinski definition) is 2. The minimum Gasteiger partial charge on any atom is -0.310 e. The number of allylic oxidation sites excluding steroid dienone is 6. The second-order valence-electron chi connectivity index (χ2n) is 12.6. The smallest absolute Gasteiger partial charge is 0.0464 e. The first-order valence-electron chi connectivity index (χ1n) is 17.8. The van der Waals surface area contributed by atoms with Gasteiger partial charge in [-0.25, -0.2) is 0 Å². The first-order chi connectivity index (χ1) is 25.9. The maximum absolute atomic E-state index is 3.91. The van der Waals surface area contributed by atoms with Crippen LogP contribution in [-0.4, -0.2) is 0 Å². The molecule has 0 fully saturated rings. The van der Waals surface area contributed by atoms with Crippen molar-refractivity contribution in [2.75, 3.05) is 9.80 Å². The number of rotatable bonds is 12. The molecule has 0 spiro atoms. The van der Waals surface area contributed by atoms with Crippen LogP contribution >= 0.6 is 0 Å². The van der Waals surface area contributed by atoms with Gasteiger partial charge in [-0.05, 0) is 133 Å². The van der Waals surface area contributed by atoms with Gasteiger partial charge in [-0.1, -0.05) is 142 Å². The summed E-state index contributed by atoms with van der Waals surface area (Å²) in [5.74, 6) is 0. The van der Waals surface area contributed by atoms with Crippen LogP contribution in [0.25, 0.3) is 23.3 Å². The second-order valence-corrected chi connectivity index (χ2v) is 12.6. The minimum absolute atomic E-state index is 1.09. The summed E-state index contributed by atoms with van der Waals surface area (Å²) in [6.45, 7) is 21.3. The van der Waals surface area contributed by atoms with Crippen molar-refractivity contribution >= 4 is 46.3 Å². The zero-order valence-electron chi connectivity index (χ0n) is 31.1. The van der Waals surface area contributed by atoms with E-state index < -0.39 is 0 Å². The van der Waals surface area contributed by atoms with Crippen molar-refractivity contribution in [2.24, 2.45) is 0 Å². The topological polar surface area (TPSA) is 6.48 Å². The summed E-state index contributed by atoms with van der Waals surface area (Å²) < 4.78 is 0. The summed E-state index contributed by atoms with van der Waals surface area (Å²) in [5, 5.41) is 0. The van der Waals surface area contributed by atoms with E-state index >= 15 is 0 Å². The Bertz CT molecular complexity index is 2060. The van der Waals surface area contributed by atoms with Gasteiger partial charge in [0.05, 0.1) is 0 Å². The van der Waals surface area contributed by atoms with E-state index in [2.05, 4.69) is 196 Å².